The fourth-order valence-electron chi connectivity index (χ4n) is 2.93. The monoisotopic (exact) mass is 243 g/mol. The highest BCUT2D eigenvalue weighted by Gasteiger charge is 2.18. The first-order chi connectivity index (χ1) is 8.66. The molecule has 3 rings (SSSR count). The van der Waals surface area contributed by atoms with Crippen molar-refractivity contribution in [3.05, 3.63) is 29.6 Å². The molecule has 1 fully saturated rings. The summed E-state index contributed by atoms with van der Waals surface area (Å²) in [6.45, 7) is 6.65. The summed E-state index contributed by atoms with van der Waals surface area (Å²) in [6.07, 6.45) is 1.25. The number of benzene rings is 1. The molecule has 3 nitrogen and oxygen atoms in total. The van der Waals surface area contributed by atoms with Crippen LogP contribution in [0.4, 0.5) is 0 Å². The lowest BCUT2D eigenvalue weighted by Gasteiger charge is -2.09. The molecule has 3 heteroatoms. The molecule has 0 saturated carbocycles. The standard InChI is InChI=1S/C15H21N3/c1-10(2)15-17-13-5-4-11(8-14(13)18(15)3)12-6-7-16-9-12/h4-5,8,10,12,16H,6-7,9H2,1-3H3. The fourth-order valence-corrected chi connectivity index (χ4v) is 2.93. The van der Waals surface area contributed by atoms with Crippen LogP contribution in [-0.2, 0) is 7.05 Å². The number of aromatic nitrogens is 2. The minimum Gasteiger partial charge on any atom is -0.331 e. The number of fused-ring (bicyclic) bond motifs is 1. The molecule has 1 unspecified atom stereocenters. The Morgan fingerprint density at radius 3 is 2.89 bits per heavy atom. The Labute approximate surface area is 108 Å². The average molecular weight is 243 g/mol. The third kappa shape index (κ3) is 1.83. The Kier molecular flexibility index (Phi) is 2.86. The van der Waals surface area contributed by atoms with Gasteiger partial charge in [-0.15, -0.1) is 0 Å². The van der Waals surface area contributed by atoms with Crippen molar-refractivity contribution >= 4 is 11.0 Å². The van der Waals surface area contributed by atoms with Crippen molar-refractivity contribution < 1.29 is 0 Å². The fraction of sp³-hybridized carbons (Fsp3) is 0.533. The highest BCUT2D eigenvalue weighted by molar-refractivity contribution is 5.77. The summed E-state index contributed by atoms with van der Waals surface area (Å²) in [4.78, 5) is 4.73. The van der Waals surface area contributed by atoms with E-state index in [0.29, 0.717) is 11.8 Å². The summed E-state index contributed by atoms with van der Waals surface area (Å²) in [6, 6.07) is 6.75. The molecule has 1 aliphatic rings. The van der Waals surface area contributed by atoms with Gasteiger partial charge in [-0.25, -0.2) is 4.98 Å². The molecule has 0 spiro atoms. The van der Waals surface area contributed by atoms with Crippen molar-refractivity contribution in [1.29, 1.82) is 0 Å². The van der Waals surface area contributed by atoms with Crippen LogP contribution in [0.2, 0.25) is 0 Å². The van der Waals surface area contributed by atoms with Gasteiger partial charge in [-0.3, -0.25) is 0 Å². The van der Waals surface area contributed by atoms with Crippen molar-refractivity contribution in [2.75, 3.05) is 13.1 Å². The molecule has 1 aromatic carbocycles. The summed E-state index contributed by atoms with van der Waals surface area (Å²) in [7, 11) is 2.13. The molecular weight excluding hydrogens is 222 g/mol. The molecule has 0 amide bonds. The quantitative estimate of drug-likeness (QED) is 0.879. The molecule has 2 heterocycles. The third-order valence-electron chi connectivity index (χ3n) is 3.99. The lowest BCUT2D eigenvalue weighted by Crippen LogP contribution is -2.08. The number of nitrogens with zero attached hydrogens (tertiary/aromatic N) is 2. The van der Waals surface area contributed by atoms with E-state index in [1.165, 1.54) is 23.3 Å². The minimum atomic E-state index is 0.471. The normalized spacial score (nSPS) is 20.1. The molecule has 18 heavy (non-hydrogen) atoms. The molecule has 2 aromatic rings. The van der Waals surface area contributed by atoms with Gasteiger partial charge >= 0.3 is 0 Å². The van der Waals surface area contributed by atoms with Gasteiger partial charge in [0.2, 0.25) is 0 Å². The van der Waals surface area contributed by atoms with Crippen LogP contribution in [0, 0.1) is 0 Å². The highest BCUT2D eigenvalue weighted by Crippen LogP contribution is 2.27. The van der Waals surface area contributed by atoms with E-state index in [0.717, 1.165) is 18.6 Å². The second-order valence-corrected chi connectivity index (χ2v) is 5.62. The second-order valence-electron chi connectivity index (χ2n) is 5.62. The van der Waals surface area contributed by atoms with Gasteiger partial charge < -0.3 is 9.88 Å². The summed E-state index contributed by atoms with van der Waals surface area (Å²) < 4.78 is 2.24. The summed E-state index contributed by atoms with van der Waals surface area (Å²) >= 11 is 0. The van der Waals surface area contributed by atoms with Crippen LogP contribution < -0.4 is 5.32 Å². The van der Waals surface area contributed by atoms with E-state index in [1.807, 2.05) is 0 Å². The van der Waals surface area contributed by atoms with Crippen LogP contribution in [0.5, 0.6) is 0 Å². The van der Waals surface area contributed by atoms with Gasteiger partial charge in [0.15, 0.2) is 0 Å². The van der Waals surface area contributed by atoms with Gasteiger partial charge in [-0.2, -0.15) is 0 Å². The number of imidazole rings is 1. The van der Waals surface area contributed by atoms with Crippen molar-refractivity contribution in [3.8, 4) is 0 Å². The van der Waals surface area contributed by atoms with Crippen molar-refractivity contribution in [2.24, 2.45) is 7.05 Å². The van der Waals surface area contributed by atoms with E-state index < -0.39 is 0 Å². The Balaban J connectivity index is 2.08. The Bertz CT molecular complexity index is 562. The molecule has 96 valence electrons. The molecule has 1 N–H and O–H groups in total. The number of nitrogens with one attached hydrogen (secondary N) is 1. The SMILES string of the molecule is CC(C)c1nc2ccc(C3CCNC3)cc2n1C. The number of hydrogen-bond donors (Lipinski definition) is 1. The number of rotatable bonds is 2. The van der Waals surface area contributed by atoms with Gasteiger partial charge in [0, 0.05) is 19.5 Å². The van der Waals surface area contributed by atoms with E-state index in [2.05, 4.69) is 49.0 Å². The number of aryl methyl sites for hydroxylation is 1. The minimum absolute atomic E-state index is 0.471. The van der Waals surface area contributed by atoms with Crippen molar-refractivity contribution in [3.63, 3.8) is 0 Å². The molecule has 0 bridgehead atoms. The van der Waals surface area contributed by atoms with Gasteiger partial charge in [0.05, 0.1) is 11.0 Å². The zero-order chi connectivity index (χ0) is 12.7. The van der Waals surface area contributed by atoms with Crippen molar-refractivity contribution in [1.82, 2.24) is 14.9 Å². The number of hydrogen-bond acceptors (Lipinski definition) is 2. The zero-order valence-corrected chi connectivity index (χ0v) is 11.4. The second kappa shape index (κ2) is 4.39. The van der Waals surface area contributed by atoms with Gasteiger partial charge in [-0.1, -0.05) is 19.9 Å². The van der Waals surface area contributed by atoms with Crippen LogP contribution in [0.25, 0.3) is 11.0 Å². The first-order valence-corrected chi connectivity index (χ1v) is 6.84. The van der Waals surface area contributed by atoms with Crippen LogP contribution in [0.3, 0.4) is 0 Å². The maximum absolute atomic E-state index is 4.73. The molecular formula is C15H21N3. The highest BCUT2D eigenvalue weighted by atomic mass is 15.1. The van der Waals surface area contributed by atoms with Crippen LogP contribution in [0.1, 0.15) is 43.5 Å². The van der Waals surface area contributed by atoms with Gasteiger partial charge in [-0.05, 0) is 36.6 Å². The molecule has 0 radical (unpaired) electrons. The topological polar surface area (TPSA) is 29.9 Å². The largest absolute Gasteiger partial charge is 0.331 e. The average Bonchev–Trinajstić information content (AvgIpc) is 2.97. The molecule has 0 aliphatic carbocycles. The van der Waals surface area contributed by atoms with E-state index in [4.69, 9.17) is 4.98 Å². The van der Waals surface area contributed by atoms with Crippen LogP contribution >= 0.6 is 0 Å². The van der Waals surface area contributed by atoms with E-state index in [1.54, 1.807) is 0 Å². The lowest BCUT2D eigenvalue weighted by molar-refractivity contribution is 0.721. The maximum Gasteiger partial charge on any atom is 0.112 e. The van der Waals surface area contributed by atoms with Gasteiger partial charge in [0.25, 0.3) is 0 Å². The van der Waals surface area contributed by atoms with Crippen molar-refractivity contribution in [2.45, 2.75) is 32.1 Å². The van der Waals surface area contributed by atoms with Crippen LogP contribution in [-0.4, -0.2) is 22.6 Å². The molecule has 1 aromatic heterocycles. The maximum atomic E-state index is 4.73. The van der Waals surface area contributed by atoms with Gasteiger partial charge in [0.1, 0.15) is 5.82 Å². The summed E-state index contributed by atoms with van der Waals surface area (Å²) in [5.41, 5.74) is 3.84. The molecule has 1 saturated heterocycles. The molecule has 1 aliphatic heterocycles. The smallest absolute Gasteiger partial charge is 0.112 e. The van der Waals surface area contributed by atoms with E-state index in [-0.39, 0.29) is 0 Å². The predicted octanol–water partition coefficient (Wildman–Crippen LogP) is 2.77. The molecule has 1 atom stereocenters. The Morgan fingerprint density at radius 1 is 1.39 bits per heavy atom. The van der Waals surface area contributed by atoms with E-state index in [9.17, 15) is 0 Å². The lowest BCUT2D eigenvalue weighted by atomic mass is 9.98. The first-order valence-electron chi connectivity index (χ1n) is 6.84. The van der Waals surface area contributed by atoms with E-state index >= 15 is 0 Å². The summed E-state index contributed by atoms with van der Waals surface area (Å²) in [5, 5.41) is 3.43. The Hall–Kier alpha value is -1.35. The Morgan fingerprint density at radius 2 is 2.22 bits per heavy atom. The zero-order valence-electron chi connectivity index (χ0n) is 11.4. The van der Waals surface area contributed by atoms with Crippen LogP contribution in [0.15, 0.2) is 18.2 Å². The summed E-state index contributed by atoms with van der Waals surface area (Å²) in [5.74, 6) is 2.32. The predicted molar refractivity (Wildman–Crippen MR) is 75.0 cm³/mol. The third-order valence-corrected chi connectivity index (χ3v) is 3.99. The first kappa shape index (κ1) is 11.7.